The average Bonchev–Trinajstić information content (AvgIpc) is 2.77. The van der Waals surface area contributed by atoms with Gasteiger partial charge in [-0.15, -0.1) is 0 Å². The molecule has 0 aliphatic carbocycles. The summed E-state index contributed by atoms with van der Waals surface area (Å²) < 4.78 is 38.7. The second-order valence-corrected chi connectivity index (χ2v) is 5.08. The fourth-order valence-electron chi connectivity index (χ4n) is 1.80. The molecule has 112 valence electrons. The predicted molar refractivity (Wildman–Crippen MR) is 71.3 cm³/mol. The molecule has 1 aromatic carbocycles. The first-order valence-electron chi connectivity index (χ1n) is 5.87. The largest absolute Gasteiger partial charge is 0.481 e. The van der Waals surface area contributed by atoms with Gasteiger partial charge in [-0.2, -0.15) is 13.2 Å². The average molecular weight is 317 g/mol. The molecule has 2 rings (SSSR count). The van der Waals surface area contributed by atoms with Crippen molar-refractivity contribution in [3.63, 3.8) is 0 Å². The van der Waals surface area contributed by atoms with Crippen LogP contribution in [-0.4, -0.2) is 15.6 Å². The Kier molecular flexibility index (Phi) is 4.17. The van der Waals surface area contributed by atoms with Gasteiger partial charge in [0.25, 0.3) is 0 Å². The number of thiazole rings is 1. The Morgan fingerprint density at radius 2 is 1.86 bits per heavy atom. The number of benzene rings is 1. The highest BCUT2D eigenvalue weighted by Gasteiger charge is 2.30. The van der Waals surface area contributed by atoms with Gasteiger partial charge in [-0.05, 0) is 17.7 Å². The van der Waals surface area contributed by atoms with Crippen LogP contribution in [0.25, 0.3) is 11.3 Å². The number of nitrogens with zero attached hydrogens (tertiary/aromatic N) is 1. The molecule has 0 radical (unpaired) electrons. The number of alkyl halides is 3. The number of hydrogen-bond acceptors (Lipinski definition) is 3. The quantitative estimate of drug-likeness (QED) is 0.943. The minimum Gasteiger partial charge on any atom is -0.481 e. The summed E-state index contributed by atoms with van der Waals surface area (Å²) in [5.41, 5.74) is 0.0765. The van der Waals surface area contributed by atoms with Crippen LogP contribution in [0.1, 0.15) is 12.0 Å². The van der Waals surface area contributed by atoms with Gasteiger partial charge in [-0.1, -0.05) is 23.5 Å². The summed E-state index contributed by atoms with van der Waals surface area (Å²) in [6.45, 7) is -0.0198. The molecule has 4 nitrogen and oxygen atoms in total. The molecule has 1 aromatic heterocycles. The Bertz CT molecular complexity index is 701. The summed E-state index contributed by atoms with van der Waals surface area (Å²) in [4.78, 5) is 21.9. The van der Waals surface area contributed by atoms with Gasteiger partial charge in [-0.25, -0.2) is 0 Å². The molecule has 0 aliphatic rings. The maximum Gasteiger partial charge on any atom is 0.416 e. The van der Waals surface area contributed by atoms with Crippen LogP contribution in [0.15, 0.2) is 34.4 Å². The van der Waals surface area contributed by atoms with Crippen LogP contribution in [0.5, 0.6) is 0 Å². The van der Waals surface area contributed by atoms with E-state index in [0.29, 0.717) is 11.3 Å². The number of halogens is 3. The van der Waals surface area contributed by atoms with E-state index < -0.39 is 17.7 Å². The van der Waals surface area contributed by atoms with E-state index in [4.69, 9.17) is 5.11 Å². The van der Waals surface area contributed by atoms with Crippen molar-refractivity contribution in [2.45, 2.75) is 19.1 Å². The van der Waals surface area contributed by atoms with Crippen LogP contribution in [0, 0.1) is 0 Å². The van der Waals surface area contributed by atoms with Crippen molar-refractivity contribution in [2.24, 2.45) is 0 Å². The number of aromatic nitrogens is 1. The molecule has 0 atom stereocenters. The van der Waals surface area contributed by atoms with Crippen LogP contribution in [0.2, 0.25) is 0 Å². The van der Waals surface area contributed by atoms with Crippen LogP contribution < -0.4 is 4.87 Å². The first-order chi connectivity index (χ1) is 9.79. The van der Waals surface area contributed by atoms with Crippen molar-refractivity contribution in [1.82, 2.24) is 4.57 Å². The minimum atomic E-state index is -4.42. The normalized spacial score (nSPS) is 11.6. The van der Waals surface area contributed by atoms with Gasteiger partial charge in [0.05, 0.1) is 17.7 Å². The van der Waals surface area contributed by atoms with E-state index >= 15 is 0 Å². The summed E-state index contributed by atoms with van der Waals surface area (Å²) in [5.74, 6) is -1.05. The number of carbonyl (C=O) groups is 1. The topological polar surface area (TPSA) is 59.3 Å². The summed E-state index contributed by atoms with van der Waals surface area (Å²) in [6, 6.07) is 4.39. The van der Waals surface area contributed by atoms with Gasteiger partial charge >= 0.3 is 17.0 Å². The van der Waals surface area contributed by atoms with E-state index in [1.807, 2.05) is 0 Å². The summed E-state index contributed by atoms with van der Waals surface area (Å²) in [6.07, 6.45) is -4.65. The Morgan fingerprint density at radius 1 is 1.24 bits per heavy atom. The smallest absolute Gasteiger partial charge is 0.416 e. The standard InChI is InChI=1S/C13H10F3NO3S/c14-13(15,16)9-3-1-8(2-4-9)10-7-21-12(20)17(10)6-5-11(18)19/h1-4,7H,5-6H2,(H,18,19). The number of aliphatic carboxylic acids is 1. The van der Waals surface area contributed by atoms with Gasteiger partial charge in [0.2, 0.25) is 0 Å². The number of hydrogen-bond donors (Lipinski definition) is 1. The lowest BCUT2D eigenvalue weighted by Crippen LogP contribution is -2.16. The van der Waals surface area contributed by atoms with Crippen LogP contribution in [0.3, 0.4) is 0 Å². The van der Waals surface area contributed by atoms with E-state index in [9.17, 15) is 22.8 Å². The summed E-state index contributed by atoms with van der Waals surface area (Å²) in [7, 11) is 0. The zero-order chi connectivity index (χ0) is 15.6. The first-order valence-corrected chi connectivity index (χ1v) is 6.75. The second-order valence-electron chi connectivity index (χ2n) is 4.26. The highest BCUT2D eigenvalue weighted by molar-refractivity contribution is 7.07. The van der Waals surface area contributed by atoms with Crippen molar-refractivity contribution in [1.29, 1.82) is 0 Å². The molecule has 0 aliphatic heterocycles. The van der Waals surface area contributed by atoms with Crippen LogP contribution in [-0.2, 0) is 17.5 Å². The lowest BCUT2D eigenvalue weighted by Gasteiger charge is -2.09. The maximum atomic E-state index is 12.5. The van der Waals surface area contributed by atoms with Crippen LogP contribution >= 0.6 is 11.3 Å². The van der Waals surface area contributed by atoms with Gasteiger partial charge in [0.15, 0.2) is 0 Å². The van der Waals surface area contributed by atoms with Gasteiger partial charge in [-0.3, -0.25) is 14.2 Å². The van der Waals surface area contributed by atoms with Crippen LogP contribution in [0.4, 0.5) is 13.2 Å². The maximum absolute atomic E-state index is 12.5. The molecule has 1 N–H and O–H groups in total. The predicted octanol–water partition coefficient (Wildman–Crippen LogP) is 3.07. The SMILES string of the molecule is O=C(O)CCn1c(-c2ccc(C(F)(F)F)cc2)csc1=O. The molecule has 0 spiro atoms. The third-order valence-corrected chi connectivity index (χ3v) is 3.60. The molecule has 0 saturated heterocycles. The fraction of sp³-hybridized carbons (Fsp3) is 0.231. The van der Waals surface area contributed by atoms with Crippen molar-refractivity contribution >= 4 is 17.3 Å². The van der Waals surface area contributed by atoms with E-state index in [0.717, 1.165) is 23.5 Å². The molecule has 0 saturated carbocycles. The lowest BCUT2D eigenvalue weighted by atomic mass is 10.1. The van der Waals surface area contributed by atoms with E-state index in [1.165, 1.54) is 22.1 Å². The monoisotopic (exact) mass is 317 g/mol. The first kappa shape index (κ1) is 15.3. The fourth-order valence-corrected chi connectivity index (χ4v) is 2.60. The molecule has 0 amide bonds. The second kappa shape index (κ2) is 5.72. The molecule has 0 unspecified atom stereocenters. The molecular weight excluding hydrogens is 307 g/mol. The van der Waals surface area contributed by atoms with Crippen molar-refractivity contribution in [2.75, 3.05) is 0 Å². The molecule has 21 heavy (non-hydrogen) atoms. The van der Waals surface area contributed by atoms with Gasteiger partial charge in [0, 0.05) is 11.9 Å². The molecule has 0 bridgehead atoms. The van der Waals surface area contributed by atoms with Gasteiger partial charge in [0.1, 0.15) is 0 Å². The van der Waals surface area contributed by atoms with Crippen molar-refractivity contribution in [3.8, 4) is 11.3 Å². The Hall–Kier alpha value is -2.09. The number of carboxylic acids is 1. The molecular formula is C13H10F3NO3S. The van der Waals surface area contributed by atoms with E-state index in [1.54, 1.807) is 0 Å². The zero-order valence-electron chi connectivity index (χ0n) is 10.6. The van der Waals surface area contributed by atoms with Crippen molar-refractivity contribution in [3.05, 3.63) is 44.9 Å². The third kappa shape index (κ3) is 3.52. The van der Waals surface area contributed by atoms with E-state index in [2.05, 4.69) is 0 Å². The molecule has 1 heterocycles. The highest BCUT2D eigenvalue weighted by Crippen LogP contribution is 2.31. The number of carboxylic acid groups (broad SMARTS) is 1. The van der Waals surface area contributed by atoms with Crippen molar-refractivity contribution < 1.29 is 23.1 Å². The zero-order valence-corrected chi connectivity index (χ0v) is 11.4. The van der Waals surface area contributed by atoms with Gasteiger partial charge < -0.3 is 5.11 Å². The minimum absolute atomic E-state index is 0.0198. The highest BCUT2D eigenvalue weighted by atomic mass is 32.1. The number of rotatable bonds is 4. The molecule has 0 fully saturated rings. The Balaban J connectivity index is 2.34. The summed E-state index contributed by atoms with van der Waals surface area (Å²) >= 11 is 0.880. The summed E-state index contributed by atoms with van der Waals surface area (Å²) in [5, 5.41) is 10.2. The Labute approximate surface area is 121 Å². The molecule has 2 aromatic rings. The van der Waals surface area contributed by atoms with E-state index in [-0.39, 0.29) is 17.8 Å². The molecule has 8 heteroatoms. The lowest BCUT2D eigenvalue weighted by molar-refractivity contribution is -0.138. The third-order valence-electron chi connectivity index (χ3n) is 2.84. The Morgan fingerprint density at radius 3 is 2.38 bits per heavy atom.